The molecule has 0 saturated heterocycles. The summed E-state index contributed by atoms with van der Waals surface area (Å²) in [7, 11) is 0. The van der Waals surface area contributed by atoms with Crippen molar-refractivity contribution < 1.29 is 9.53 Å². The molecule has 0 aliphatic carbocycles. The van der Waals surface area contributed by atoms with E-state index >= 15 is 0 Å². The first kappa shape index (κ1) is 4.37. The topological polar surface area (TPSA) is 31.5 Å². The molecule has 0 radical (unpaired) electrons. The summed E-state index contributed by atoms with van der Waals surface area (Å²) in [4.78, 5) is 0. The molecule has 0 saturated carbocycles. The second-order valence-corrected chi connectivity index (χ2v) is 1.45. The number of aliphatic hydroxyl groups excluding tert-OH is 1. The molecule has 2 nitrogen and oxygen atoms in total. The van der Waals surface area contributed by atoms with E-state index < -0.39 is 0 Å². The normalized spacial score (nSPS) is 19.1. The number of allylic oxidation sites excluding steroid dienone is 1. The second-order valence-electron chi connectivity index (χ2n) is 1.45. The molecular formula is C5H7O2+. The van der Waals surface area contributed by atoms with Crippen molar-refractivity contribution in [3.8, 4) is 0 Å². The molecule has 0 aromatic heterocycles. The molecule has 1 heterocycles. The molecule has 1 aliphatic rings. The van der Waals surface area contributed by atoms with E-state index in [1.54, 1.807) is 6.29 Å². The lowest BCUT2D eigenvalue weighted by Gasteiger charge is -1.87. The third kappa shape index (κ3) is 1.03. The van der Waals surface area contributed by atoms with E-state index in [9.17, 15) is 0 Å². The van der Waals surface area contributed by atoms with Gasteiger partial charge < -0.3 is 5.11 Å². The SMILES string of the molecule is OC1=C[O+]=CCC1. The fourth-order valence-corrected chi connectivity index (χ4v) is 0.460. The maximum absolute atomic E-state index is 8.63. The highest BCUT2D eigenvalue weighted by Crippen LogP contribution is 2.00. The third-order valence-electron chi connectivity index (χ3n) is 0.819. The van der Waals surface area contributed by atoms with Gasteiger partial charge in [-0.15, -0.1) is 0 Å². The molecule has 0 aromatic carbocycles. The number of rotatable bonds is 0. The molecule has 0 aromatic rings. The molecule has 1 N–H and O–H groups in total. The van der Waals surface area contributed by atoms with E-state index in [1.807, 2.05) is 0 Å². The molecule has 0 amide bonds. The van der Waals surface area contributed by atoms with Crippen molar-refractivity contribution in [3.05, 3.63) is 12.0 Å². The van der Waals surface area contributed by atoms with Crippen molar-refractivity contribution in [2.45, 2.75) is 12.8 Å². The number of aliphatic hydroxyl groups is 1. The summed E-state index contributed by atoms with van der Waals surface area (Å²) in [6, 6.07) is 0. The largest absolute Gasteiger partial charge is 0.504 e. The minimum absolute atomic E-state index is 0.336. The number of carbonyl (C=O) groups excluding carboxylic acids is 1. The molecule has 7 heavy (non-hydrogen) atoms. The van der Waals surface area contributed by atoms with Crippen LogP contribution in [-0.4, -0.2) is 11.4 Å². The van der Waals surface area contributed by atoms with Crippen molar-refractivity contribution in [2.75, 3.05) is 0 Å². The zero-order valence-electron chi connectivity index (χ0n) is 3.92. The lowest BCUT2D eigenvalue weighted by atomic mass is 10.3. The Morgan fingerprint density at radius 3 is 2.86 bits per heavy atom. The fraction of sp³-hybridized carbons (Fsp3) is 0.400. The Kier molecular flexibility index (Phi) is 1.11. The van der Waals surface area contributed by atoms with Gasteiger partial charge in [-0.3, -0.25) is 0 Å². The Hall–Kier alpha value is -0.790. The van der Waals surface area contributed by atoms with Gasteiger partial charge in [0.05, 0.1) is 6.42 Å². The Morgan fingerprint density at radius 1 is 1.71 bits per heavy atom. The standard InChI is InChI=1S/C5H6O2/c6-5-2-1-3-7-4-5/h3-4H,1-2H2/p+1. The highest BCUT2D eigenvalue weighted by Gasteiger charge is 2.03. The van der Waals surface area contributed by atoms with Gasteiger partial charge in [-0.2, -0.15) is 0 Å². The minimum atomic E-state index is 0.336. The van der Waals surface area contributed by atoms with Crippen molar-refractivity contribution in [1.82, 2.24) is 0 Å². The smallest absolute Gasteiger partial charge is 0.354 e. The van der Waals surface area contributed by atoms with Crippen LogP contribution in [0.25, 0.3) is 0 Å². The Bertz CT molecular complexity index is 113. The van der Waals surface area contributed by atoms with Crippen molar-refractivity contribution in [1.29, 1.82) is 0 Å². The number of hydrogen-bond acceptors (Lipinski definition) is 1. The molecule has 2 heteroatoms. The van der Waals surface area contributed by atoms with E-state index in [4.69, 9.17) is 5.11 Å². The van der Waals surface area contributed by atoms with Crippen LogP contribution < -0.4 is 0 Å². The summed E-state index contributed by atoms with van der Waals surface area (Å²) in [5, 5.41) is 8.63. The van der Waals surface area contributed by atoms with Crippen molar-refractivity contribution >= 4 is 6.29 Å². The summed E-state index contributed by atoms with van der Waals surface area (Å²) in [6.45, 7) is 0. The van der Waals surface area contributed by atoms with Crippen LogP contribution in [0.1, 0.15) is 12.8 Å². The zero-order valence-corrected chi connectivity index (χ0v) is 3.92. The van der Waals surface area contributed by atoms with Crippen molar-refractivity contribution in [2.24, 2.45) is 0 Å². The first-order valence-electron chi connectivity index (χ1n) is 2.25. The lowest BCUT2D eigenvalue weighted by Crippen LogP contribution is -1.90. The van der Waals surface area contributed by atoms with E-state index in [1.165, 1.54) is 6.26 Å². The molecule has 0 atom stereocenters. The van der Waals surface area contributed by atoms with Crippen molar-refractivity contribution in [3.63, 3.8) is 0 Å². The molecule has 1 rings (SSSR count). The van der Waals surface area contributed by atoms with Gasteiger partial charge in [-0.1, -0.05) is 0 Å². The fourth-order valence-electron chi connectivity index (χ4n) is 0.460. The van der Waals surface area contributed by atoms with Crippen LogP contribution in [0.15, 0.2) is 12.0 Å². The molecule has 0 unspecified atom stereocenters. The monoisotopic (exact) mass is 99.0 g/mol. The first-order chi connectivity index (χ1) is 3.39. The zero-order chi connectivity index (χ0) is 5.11. The Morgan fingerprint density at radius 2 is 2.57 bits per heavy atom. The molecule has 0 spiro atoms. The van der Waals surface area contributed by atoms with Crippen LogP contribution in [0, 0.1) is 0 Å². The summed E-state index contributed by atoms with van der Waals surface area (Å²) in [6.07, 6.45) is 4.56. The van der Waals surface area contributed by atoms with E-state index in [0.717, 1.165) is 12.8 Å². The highest BCUT2D eigenvalue weighted by molar-refractivity contribution is 5.51. The van der Waals surface area contributed by atoms with Gasteiger partial charge in [0.15, 0.2) is 5.76 Å². The van der Waals surface area contributed by atoms with Crippen LogP contribution in [0.4, 0.5) is 0 Å². The summed E-state index contributed by atoms with van der Waals surface area (Å²) >= 11 is 0. The van der Waals surface area contributed by atoms with Gasteiger partial charge in [0.2, 0.25) is 0 Å². The van der Waals surface area contributed by atoms with Crippen LogP contribution in [0.3, 0.4) is 0 Å². The van der Waals surface area contributed by atoms with Gasteiger partial charge in [0, 0.05) is 6.42 Å². The Labute approximate surface area is 41.8 Å². The van der Waals surface area contributed by atoms with E-state index in [0.29, 0.717) is 5.76 Å². The molecule has 38 valence electrons. The highest BCUT2D eigenvalue weighted by atomic mass is 16.4. The first-order valence-corrected chi connectivity index (χ1v) is 2.25. The molecular weight excluding hydrogens is 92.1 g/mol. The summed E-state index contributed by atoms with van der Waals surface area (Å²) in [5.74, 6) is 0.336. The maximum atomic E-state index is 8.63. The quantitative estimate of drug-likeness (QED) is 0.355. The summed E-state index contributed by atoms with van der Waals surface area (Å²) < 4.78 is 4.64. The van der Waals surface area contributed by atoms with Gasteiger partial charge >= 0.3 is 6.26 Å². The molecule has 1 aliphatic heterocycles. The predicted molar refractivity (Wildman–Crippen MR) is 26.0 cm³/mol. The Balaban J connectivity index is 2.57. The third-order valence-corrected chi connectivity index (χ3v) is 0.819. The molecule has 0 fully saturated rings. The second kappa shape index (κ2) is 1.78. The van der Waals surface area contributed by atoms with Gasteiger partial charge in [-0.25, -0.2) is 4.42 Å². The minimum Gasteiger partial charge on any atom is -0.504 e. The predicted octanol–water partition coefficient (Wildman–Crippen LogP) is 0.914. The number of hydrogen-bond donors (Lipinski definition) is 1. The molecule has 0 bridgehead atoms. The van der Waals surface area contributed by atoms with Gasteiger partial charge in [-0.05, 0) is 0 Å². The van der Waals surface area contributed by atoms with Gasteiger partial charge in [0.1, 0.15) is 0 Å². The van der Waals surface area contributed by atoms with Crippen LogP contribution >= 0.6 is 0 Å². The average Bonchev–Trinajstić information content (AvgIpc) is 1.69. The van der Waals surface area contributed by atoms with Crippen LogP contribution in [0.5, 0.6) is 0 Å². The maximum Gasteiger partial charge on any atom is 0.354 e. The van der Waals surface area contributed by atoms with Gasteiger partial charge in [0.25, 0.3) is 6.29 Å². The summed E-state index contributed by atoms with van der Waals surface area (Å²) in [5.41, 5.74) is 0. The van der Waals surface area contributed by atoms with E-state index in [2.05, 4.69) is 4.42 Å². The van der Waals surface area contributed by atoms with Crippen LogP contribution in [-0.2, 0) is 4.42 Å². The number of aldehydes is 1. The lowest BCUT2D eigenvalue weighted by molar-refractivity contribution is -0.373. The van der Waals surface area contributed by atoms with Crippen LogP contribution in [0.2, 0.25) is 0 Å². The van der Waals surface area contributed by atoms with E-state index in [-0.39, 0.29) is 0 Å². The average molecular weight is 99.1 g/mol.